The summed E-state index contributed by atoms with van der Waals surface area (Å²) in [6.07, 6.45) is 0. The van der Waals surface area contributed by atoms with Gasteiger partial charge >= 0.3 is 0 Å². The van der Waals surface area contributed by atoms with Gasteiger partial charge in [-0.05, 0) is 73.2 Å². The van der Waals surface area contributed by atoms with Gasteiger partial charge in [-0.1, -0.05) is 11.6 Å². The number of hydrogen-bond donors (Lipinski definition) is 2. The lowest BCUT2D eigenvalue weighted by Gasteiger charge is -2.10. The van der Waals surface area contributed by atoms with Crippen LogP contribution in [0.15, 0.2) is 76.7 Å². The van der Waals surface area contributed by atoms with Crippen molar-refractivity contribution in [1.82, 2.24) is 0 Å². The van der Waals surface area contributed by atoms with E-state index in [0.29, 0.717) is 16.5 Å². The molecule has 3 aromatic rings. The molecule has 3 aromatic carbocycles. The number of hydrazone groups is 1. The molecular weight excluding hydrogens is 456 g/mol. The lowest BCUT2D eigenvalue weighted by molar-refractivity contribution is -0.384. The summed E-state index contributed by atoms with van der Waals surface area (Å²) in [6.45, 7) is 1.73. The highest BCUT2D eigenvalue weighted by Crippen LogP contribution is 2.29. The van der Waals surface area contributed by atoms with Crippen LogP contribution >= 0.6 is 11.6 Å². The number of hydrogen-bond acceptors (Lipinski definition) is 7. The fourth-order valence-electron chi connectivity index (χ4n) is 2.70. The van der Waals surface area contributed by atoms with Crippen LogP contribution in [0, 0.1) is 10.1 Å². The van der Waals surface area contributed by atoms with Crippen molar-refractivity contribution in [3.05, 3.63) is 87.4 Å². The van der Waals surface area contributed by atoms with Crippen LogP contribution in [0.3, 0.4) is 0 Å². The second-order valence-corrected chi connectivity index (χ2v) is 8.70. The van der Waals surface area contributed by atoms with Crippen molar-refractivity contribution >= 4 is 44.4 Å². The molecule has 0 aliphatic rings. The van der Waals surface area contributed by atoms with Crippen molar-refractivity contribution in [3.8, 4) is 5.75 Å². The third-order valence-corrected chi connectivity index (χ3v) is 6.06. The monoisotopic (exact) mass is 474 g/mol. The zero-order valence-corrected chi connectivity index (χ0v) is 18.6. The Kier molecular flexibility index (Phi) is 6.96. The van der Waals surface area contributed by atoms with E-state index in [9.17, 15) is 18.5 Å². The van der Waals surface area contributed by atoms with Gasteiger partial charge in [0.15, 0.2) is 0 Å². The maximum atomic E-state index is 12.7. The highest BCUT2D eigenvalue weighted by molar-refractivity contribution is 7.92. The van der Waals surface area contributed by atoms with Crippen LogP contribution < -0.4 is 14.9 Å². The molecule has 0 radical (unpaired) electrons. The number of rotatable bonds is 8. The number of nitrogens with zero attached hydrogens (tertiary/aromatic N) is 2. The van der Waals surface area contributed by atoms with Gasteiger partial charge in [0.05, 0.1) is 22.6 Å². The van der Waals surface area contributed by atoms with Gasteiger partial charge in [0.2, 0.25) is 0 Å². The Bertz CT molecular complexity index is 1260. The quantitative estimate of drug-likeness (QED) is 0.272. The number of benzene rings is 3. The molecule has 0 heterocycles. The first-order valence-corrected chi connectivity index (χ1v) is 11.1. The minimum atomic E-state index is -4.05. The fraction of sp³-hybridized carbons (Fsp3) is 0.0952. The van der Waals surface area contributed by atoms with Gasteiger partial charge in [0.1, 0.15) is 11.4 Å². The third kappa shape index (κ3) is 5.54. The molecule has 0 spiro atoms. The second kappa shape index (κ2) is 9.67. The van der Waals surface area contributed by atoms with Gasteiger partial charge in [0, 0.05) is 16.8 Å². The van der Waals surface area contributed by atoms with E-state index in [1.807, 2.05) is 0 Å². The lowest BCUT2D eigenvalue weighted by Crippen LogP contribution is -2.13. The van der Waals surface area contributed by atoms with E-state index in [-0.39, 0.29) is 16.3 Å². The highest BCUT2D eigenvalue weighted by atomic mass is 35.5. The summed E-state index contributed by atoms with van der Waals surface area (Å²) in [6, 6.07) is 16.7. The van der Waals surface area contributed by atoms with Crippen LogP contribution in [-0.4, -0.2) is 26.2 Å². The van der Waals surface area contributed by atoms with Crippen LogP contribution in [0.25, 0.3) is 0 Å². The maximum Gasteiger partial charge on any atom is 0.295 e. The average molecular weight is 475 g/mol. The Hall–Kier alpha value is -3.63. The molecule has 0 saturated carbocycles. The number of anilines is 2. The Balaban J connectivity index is 1.85. The van der Waals surface area contributed by atoms with E-state index >= 15 is 0 Å². The van der Waals surface area contributed by atoms with Crippen molar-refractivity contribution in [3.63, 3.8) is 0 Å². The van der Waals surface area contributed by atoms with E-state index in [1.165, 1.54) is 36.4 Å². The Morgan fingerprint density at radius 1 is 1.06 bits per heavy atom. The van der Waals surface area contributed by atoms with Gasteiger partial charge in [0.25, 0.3) is 15.7 Å². The maximum absolute atomic E-state index is 12.7. The first kappa shape index (κ1) is 23.0. The average Bonchev–Trinajstić information content (AvgIpc) is 2.78. The second-order valence-electron chi connectivity index (χ2n) is 6.59. The van der Waals surface area contributed by atoms with Gasteiger partial charge in [-0.25, -0.2) is 8.42 Å². The van der Waals surface area contributed by atoms with Crippen LogP contribution in [-0.2, 0) is 10.0 Å². The molecule has 32 heavy (non-hydrogen) atoms. The number of methoxy groups -OCH3 is 1. The molecule has 11 heteroatoms. The molecule has 0 saturated heterocycles. The van der Waals surface area contributed by atoms with Gasteiger partial charge in [-0.15, -0.1) is 0 Å². The molecule has 0 bridgehead atoms. The van der Waals surface area contributed by atoms with E-state index in [2.05, 4.69) is 15.2 Å². The van der Waals surface area contributed by atoms with Gasteiger partial charge in [-0.2, -0.15) is 5.10 Å². The molecule has 3 rings (SSSR count). The molecule has 0 fully saturated rings. The lowest BCUT2D eigenvalue weighted by atomic mass is 10.1. The topological polar surface area (TPSA) is 123 Å². The number of sulfonamides is 1. The summed E-state index contributed by atoms with van der Waals surface area (Å²) in [7, 11) is -2.49. The van der Waals surface area contributed by atoms with E-state index < -0.39 is 20.6 Å². The standard InChI is InChI=1S/C21H19ClN4O5S/c1-14(15-3-9-18(31-2)10-4-15)23-24-20-12-11-19(13-21(20)26(27)28)32(29,30)25-17-7-5-16(22)6-8-17/h3-13,24-25H,1-2H3. The summed E-state index contributed by atoms with van der Waals surface area (Å²) in [5, 5.41) is 16.2. The third-order valence-electron chi connectivity index (χ3n) is 4.42. The number of nitrogens with one attached hydrogen (secondary N) is 2. The van der Waals surface area contributed by atoms with Gasteiger partial charge in [-0.3, -0.25) is 20.3 Å². The van der Waals surface area contributed by atoms with Crippen LogP contribution in [0.4, 0.5) is 17.1 Å². The zero-order chi connectivity index (χ0) is 23.3. The molecule has 0 unspecified atom stereocenters. The number of nitro groups is 1. The summed E-state index contributed by atoms with van der Waals surface area (Å²) < 4.78 is 32.8. The molecule has 166 valence electrons. The summed E-state index contributed by atoms with van der Waals surface area (Å²) in [5.41, 5.74) is 3.89. The predicted octanol–water partition coefficient (Wildman–Crippen LogP) is 4.89. The van der Waals surface area contributed by atoms with Crippen molar-refractivity contribution in [2.75, 3.05) is 17.3 Å². The van der Waals surface area contributed by atoms with Crippen molar-refractivity contribution < 1.29 is 18.1 Å². The summed E-state index contributed by atoms with van der Waals surface area (Å²) in [5.74, 6) is 0.689. The predicted molar refractivity (Wildman–Crippen MR) is 124 cm³/mol. The summed E-state index contributed by atoms with van der Waals surface area (Å²) >= 11 is 5.80. The van der Waals surface area contributed by atoms with Crippen molar-refractivity contribution in [1.29, 1.82) is 0 Å². The summed E-state index contributed by atoms with van der Waals surface area (Å²) in [4.78, 5) is 10.6. The minimum Gasteiger partial charge on any atom is -0.497 e. The molecule has 2 N–H and O–H groups in total. The minimum absolute atomic E-state index is 0.0494. The van der Waals surface area contributed by atoms with Gasteiger partial charge < -0.3 is 4.74 Å². The molecule has 0 amide bonds. The number of nitro benzene ring substituents is 1. The first-order chi connectivity index (χ1) is 15.2. The molecule has 9 nitrogen and oxygen atoms in total. The molecule has 0 aliphatic carbocycles. The van der Waals surface area contributed by atoms with Crippen LogP contribution in [0.2, 0.25) is 5.02 Å². The largest absolute Gasteiger partial charge is 0.497 e. The van der Waals surface area contributed by atoms with Crippen LogP contribution in [0.1, 0.15) is 12.5 Å². The van der Waals surface area contributed by atoms with E-state index in [0.717, 1.165) is 11.6 Å². The van der Waals surface area contributed by atoms with Crippen molar-refractivity contribution in [2.24, 2.45) is 5.10 Å². The fourth-order valence-corrected chi connectivity index (χ4v) is 3.90. The zero-order valence-electron chi connectivity index (χ0n) is 17.1. The van der Waals surface area contributed by atoms with Crippen molar-refractivity contribution in [2.45, 2.75) is 11.8 Å². The molecule has 0 aromatic heterocycles. The molecule has 0 aliphatic heterocycles. The van der Waals surface area contributed by atoms with E-state index in [4.69, 9.17) is 16.3 Å². The highest BCUT2D eigenvalue weighted by Gasteiger charge is 2.21. The number of halogens is 1. The Morgan fingerprint density at radius 3 is 2.31 bits per heavy atom. The normalized spacial score (nSPS) is 11.7. The molecular formula is C21H19ClN4O5S. The Labute approximate surface area is 189 Å². The Morgan fingerprint density at radius 2 is 1.72 bits per heavy atom. The molecule has 0 atom stereocenters. The van der Waals surface area contributed by atoms with E-state index in [1.54, 1.807) is 38.3 Å². The SMILES string of the molecule is COc1ccc(C(C)=NNc2ccc(S(=O)(=O)Nc3ccc(Cl)cc3)cc2[N+](=O)[O-])cc1. The first-order valence-electron chi connectivity index (χ1n) is 9.21. The van der Waals surface area contributed by atoms with Crippen LogP contribution in [0.5, 0.6) is 5.75 Å². The number of ether oxygens (including phenoxy) is 1. The smallest absolute Gasteiger partial charge is 0.295 e.